The molecule has 4 N–H and O–H groups in total. The van der Waals surface area contributed by atoms with Crippen LogP contribution < -0.4 is 21.1 Å². The number of rotatable bonds is 9. The summed E-state index contributed by atoms with van der Waals surface area (Å²) in [5, 5.41) is 6.04. The highest BCUT2D eigenvalue weighted by Crippen LogP contribution is 2.30. The van der Waals surface area contributed by atoms with Crippen molar-refractivity contribution >= 4 is 23.3 Å². The maximum atomic E-state index is 12.8. The van der Waals surface area contributed by atoms with Crippen LogP contribution in [0.3, 0.4) is 0 Å². The van der Waals surface area contributed by atoms with E-state index in [2.05, 4.69) is 10.6 Å². The van der Waals surface area contributed by atoms with Crippen molar-refractivity contribution in [3.63, 3.8) is 0 Å². The summed E-state index contributed by atoms with van der Waals surface area (Å²) >= 11 is 0. The van der Waals surface area contributed by atoms with E-state index in [1.807, 2.05) is 48.5 Å². The number of ether oxygens (including phenoxy) is 2. The van der Waals surface area contributed by atoms with Crippen molar-refractivity contribution in [3.8, 4) is 17.0 Å². The molecule has 1 amide bonds. The van der Waals surface area contributed by atoms with Gasteiger partial charge in [0.15, 0.2) is 0 Å². The minimum absolute atomic E-state index is 0.0302. The van der Waals surface area contributed by atoms with Crippen molar-refractivity contribution in [1.82, 2.24) is 14.7 Å². The molecule has 0 saturated heterocycles. The van der Waals surface area contributed by atoms with E-state index in [1.165, 1.54) is 7.11 Å². The first kappa shape index (κ1) is 23.8. The van der Waals surface area contributed by atoms with Gasteiger partial charge in [0.1, 0.15) is 29.5 Å². The number of nitrogens with zero attached hydrogens (tertiary/aromatic N) is 2. The summed E-state index contributed by atoms with van der Waals surface area (Å²) in [5.74, 6) is 0.706. The highest BCUT2D eigenvalue weighted by atomic mass is 16.5. The molecule has 0 aliphatic carbocycles. The number of esters is 1. The van der Waals surface area contributed by atoms with Crippen LogP contribution in [0, 0.1) is 0 Å². The third kappa shape index (κ3) is 5.42. The van der Waals surface area contributed by atoms with Gasteiger partial charge < -0.3 is 25.8 Å². The molecule has 0 bridgehead atoms. The van der Waals surface area contributed by atoms with Gasteiger partial charge in [0, 0.05) is 30.4 Å². The first-order valence-corrected chi connectivity index (χ1v) is 11.1. The molecular weight excluding hydrogens is 446 g/mol. The topological polar surface area (TPSA) is 120 Å². The largest absolute Gasteiger partial charge is 0.497 e. The number of nitrogens with one attached hydrogen (secondary N) is 2. The first-order chi connectivity index (χ1) is 17.0. The highest BCUT2D eigenvalue weighted by Gasteiger charge is 2.17. The zero-order valence-electron chi connectivity index (χ0n) is 19.6. The number of fused-ring (bicyclic) bond motifs is 1. The van der Waals surface area contributed by atoms with Crippen LogP contribution in [-0.4, -0.2) is 42.0 Å². The number of anilines is 1. The molecule has 2 aromatic heterocycles. The molecule has 180 valence electrons. The smallest absolute Gasteiger partial charge is 0.325 e. The second-order valence-electron chi connectivity index (χ2n) is 7.82. The van der Waals surface area contributed by atoms with Gasteiger partial charge in [0.05, 0.1) is 14.2 Å². The number of imidazole rings is 1. The quantitative estimate of drug-likeness (QED) is 0.320. The van der Waals surface area contributed by atoms with Crippen molar-refractivity contribution in [2.45, 2.75) is 13.1 Å². The highest BCUT2D eigenvalue weighted by molar-refractivity contribution is 5.95. The molecule has 9 nitrogen and oxygen atoms in total. The van der Waals surface area contributed by atoms with Gasteiger partial charge in [-0.3, -0.25) is 14.0 Å². The van der Waals surface area contributed by atoms with Crippen molar-refractivity contribution in [2.75, 3.05) is 26.1 Å². The van der Waals surface area contributed by atoms with Crippen LogP contribution in [-0.2, 0) is 22.6 Å². The fraction of sp³-hybridized carbons (Fsp3) is 0.192. The number of hydrogen-bond acceptors (Lipinski definition) is 7. The number of nitrogens with two attached hydrogens (primary N) is 1. The van der Waals surface area contributed by atoms with Crippen LogP contribution >= 0.6 is 0 Å². The SMILES string of the molecule is COC(=O)CNc1c(-c2ccc(OC)cc2)nc2cc(C(=O)NCc3cccc(CN)c3)ccn12. The molecule has 0 unspecified atom stereocenters. The molecule has 0 saturated carbocycles. The Morgan fingerprint density at radius 1 is 1.03 bits per heavy atom. The van der Waals surface area contributed by atoms with Gasteiger partial charge in [-0.15, -0.1) is 0 Å². The summed E-state index contributed by atoms with van der Waals surface area (Å²) in [5.41, 5.74) is 10.2. The maximum absolute atomic E-state index is 12.8. The molecule has 0 spiro atoms. The number of benzene rings is 2. The fourth-order valence-electron chi connectivity index (χ4n) is 3.68. The van der Waals surface area contributed by atoms with Crippen LogP contribution in [0.1, 0.15) is 21.5 Å². The molecule has 4 rings (SSSR count). The zero-order chi connectivity index (χ0) is 24.8. The lowest BCUT2D eigenvalue weighted by Gasteiger charge is -2.09. The third-order valence-corrected chi connectivity index (χ3v) is 5.56. The van der Waals surface area contributed by atoms with E-state index >= 15 is 0 Å². The standard InChI is InChI=1S/C26H27N5O4/c1-34-21-8-6-19(7-9-21)24-25(28-16-23(32)35-2)31-11-10-20(13-22(31)30-24)26(33)29-15-18-5-3-4-17(12-18)14-27/h3-13,28H,14-16,27H2,1-2H3,(H,29,33). The van der Waals surface area contributed by atoms with Crippen molar-refractivity contribution < 1.29 is 19.1 Å². The van der Waals surface area contributed by atoms with Crippen molar-refractivity contribution in [2.24, 2.45) is 5.73 Å². The Kier molecular flexibility index (Phi) is 7.27. The summed E-state index contributed by atoms with van der Waals surface area (Å²) < 4.78 is 11.8. The van der Waals surface area contributed by atoms with E-state index in [4.69, 9.17) is 20.2 Å². The summed E-state index contributed by atoms with van der Waals surface area (Å²) in [4.78, 5) is 29.3. The molecular formula is C26H27N5O4. The second kappa shape index (κ2) is 10.7. The Labute approximate surface area is 202 Å². The van der Waals surface area contributed by atoms with Gasteiger partial charge in [0.25, 0.3) is 5.91 Å². The normalized spacial score (nSPS) is 10.7. The van der Waals surface area contributed by atoms with E-state index in [0.717, 1.165) is 22.4 Å². The van der Waals surface area contributed by atoms with Gasteiger partial charge in [-0.05, 0) is 47.5 Å². The molecule has 9 heteroatoms. The van der Waals surface area contributed by atoms with Crippen molar-refractivity contribution in [3.05, 3.63) is 83.6 Å². The number of carbonyl (C=O) groups is 2. The lowest BCUT2D eigenvalue weighted by molar-refractivity contribution is -0.138. The van der Waals surface area contributed by atoms with Crippen molar-refractivity contribution in [1.29, 1.82) is 0 Å². The lowest BCUT2D eigenvalue weighted by atomic mass is 10.1. The average Bonchev–Trinajstić information content (AvgIpc) is 3.28. The van der Waals surface area contributed by atoms with E-state index in [0.29, 0.717) is 35.8 Å². The van der Waals surface area contributed by atoms with Crippen LogP contribution in [0.25, 0.3) is 16.9 Å². The Bertz CT molecular complexity index is 1350. The maximum Gasteiger partial charge on any atom is 0.325 e. The van der Waals surface area contributed by atoms with Crippen LogP contribution in [0.5, 0.6) is 5.75 Å². The van der Waals surface area contributed by atoms with Crippen LogP contribution in [0.4, 0.5) is 5.82 Å². The number of aromatic nitrogens is 2. The van der Waals surface area contributed by atoms with Crippen LogP contribution in [0.15, 0.2) is 66.9 Å². The molecule has 0 aliphatic heterocycles. The molecule has 0 fully saturated rings. The Hall–Kier alpha value is -4.37. The van der Waals surface area contributed by atoms with Gasteiger partial charge >= 0.3 is 5.97 Å². The second-order valence-corrected chi connectivity index (χ2v) is 7.82. The molecule has 2 aromatic carbocycles. The van der Waals surface area contributed by atoms with E-state index in [1.54, 1.807) is 29.8 Å². The number of amides is 1. The van der Waals surface area contributed by atoms with E-state index < -0.39 is 5.97 Å². The Morgan fingerprint density at radius 3 is 2.51 bits per heavy atom. The summed E-state index contributed by atoms with van der Waals surface area (Å²) in [7, 11) is 2.94. The minimum atomic E-state index is -0.407. The fourth-order valence-corrected chi connectivity index (χ4v) is 3.68. The number of methoxy groups -OCH3 is 2. The third-order valence-electron chi connectivity index (χ3n) is 5.56. The summed E-state index contributed by atoms with van der Waals surface area (Å²) in [6.07, 6.45) is 1.75. The van der Waals surface area contributed by atoms with Gasteiger partial charge in [-0.1, -0.05) is 24.3 Å². The number of hydrogen-bond donors (Lipinski definition) is 3. The van der Waals surface area contributed by atoms with Gasteiger partial charge in [-0.25, -0.2) is 4.98 Å². The van der Waals surface area contributed by atoms with E-state index in [-0.39, 0.29) is 12.5 Å². The lowest BCUT2D eigenvalue weighted by Crippen LogP contribution is -2.23. The van der Waals surface area contributed by atoms with Crippen LogP contribution in [0.2, 0.25) is 0 Å². The first-order valence-electron chi connectivity index (χ1n) is 11.1. The Balaban J connectivity index is 1.62. The zero-order valence-corrected chi connectivity index (χ0v) is 19.6. The molecule has 0 radical (unpaired) electrons. The summed E-state index contributed by atoms with van der Waals surface area (Å²) in [6.45, 7) is 0.800. The predicted octanol–water partition coefficient (Wildman–Crippen LogP) is 2.98. The number of carbonyl (C=O) groups excluding carboxylic acids is 2. The summed E-state index contributed by atoms with van der Waals surface area (Å²) in [6, 6.07) is 18.6. The molecule has 35 heavy (non-hydrogen) atoms. The van der Waals surface area contributed by atoms with E-state index in [9.17, 15) is 9.59 Å². The molecule has 2 heterocycles. The number of pyridine rings is 1. The predicted molar refractivity (Wildman–Crippen MR) is 133 cm³/mol. The molecule has 4 aromatic rings. The van der Waals surface area contributed by atoms with Gasteiger partial charge in [-0.2, -0.15) is 0 Å². The Morgan fingerprint density at radius 2 is 1.80 bits per heavy atom. The van der Waals surface area contributed by atoms with Gasteiger partial charge in [0.2, 0.25) is 0 Å². The minimum Gasteiger partial charge on any atom is -0.497 e. The average molecular weight is 474 g/mol. The molecule has 0 atom stereocenters. The molecule has 0 aliphatic rings. The monoisotopic (exact) mass is 473 g/mol.